The van der Waals surface area contributed by atoms with E-state index in [0.717, 1.165) is 11.4 Å². The Hall–Kier alpha value is -3.67. The second-order valence-corrected chi connectivity index (χ2v) is 6.20. The Labute approximate surface area is 156 Å². The van der Waals surface area contributed by atoms with Crippen LogP contribution < -0.4 is 10.1 Å². The molecule has 1 aromatic heterocycles. The lowest BCUT2D eigenvalue weighted by Crippen LogP contribution is -2.36. The number of amides is 2. The van der Waals surface area contributed by atoms with E-state index in [0.29, 0.717) is 29.1 Å². The van der Waals surface area contributed by atoms with Gasteiger partial charge in [-0.2, -0.15) is 0 Å². The van der Waals surface area contributed by atoms with Crippen molar-refractivity contribution in [3.05, 3.63) is 83.4 Å². The molecule has 134 valence electrons. The number of aryl methyl sites for hydroxylation is 1. The number of nitrogens with zero attached hydrogens (tertiary/aromatic N) is 2. The molecule has 0 fully saturated rings. The second kappa shape index (κ2) is 6.92. The van der Waals surface area contributed by atoms with E-state index in [4.69, 9.17) is 4.74 Å². The zero-order chi connectivity index (χ0) is 18.8. The fraction of sp³-hybridized carbons (Fsp3) is 0.0952. The quantitative estimate of drug-likeness (QED) is 0.574. The van der Waals surface area contributed by atoms with Crippen molar-refractivity contribution in [2.24, 2.45) is 7.05 Å². The van der Waals surface area contributed by atoms with Crippen LogP contribution in [0.4, 0.5) is 0 Å². The van der Waals surface area contributed by atoms with Crippen molar-refractivity contribution >= 4 is 23.5 Å². The molecule has 2 aromatic carbocycles. The molecular formula is C21H17N3O3. The van der Waals surface area contributed by atoms with Crippen LogP contribution in [0.2, 0.25) is 0 Å². The van der Waals surface area contributed by atoms with Crippen molar-refractivity contribution in [2.45, 2.75) is 6.61 Å². The van der Waals surface area contributed by atoms with Crippen molar-refractivity contribution in [1.29, 1.82) is 0 Å². The van der Waals surface area contributed by atoms with Gasteiger partial charge >= 0.3 is 0 Å². The van der Waals surface area contributed by atoms with Crippen LogP contribution in [0.25, 0.3) is 11.6 Å². The lowest BCUT2D eigenvalue weighted by Gasteiger charge is -2.18. The van der Waals surface area contributed by atoms with Crippen LogP contribution in [0, 0.1) is 0 Å². The largest absolute Gasteiger partial charge is 0.486 e. The third-order valence-corrected chi connectivity index (χ3v) is 4.41. The van der Waals surface area contributed by atoms with Crippen LogP contribution in [-0.4, -0.2) is 21.4 Å². The Morgan fingerprint density at radius 1 is 1.04 bits per heavy atom. The molecule has 2 amide bonds. The van der Waals surface area contributed by atoms with Crippen LogP contribution in [0.5, 0.6) is 5.75 Å². The van der Waals surface area contributed by atoms with Gasteiger partial charge in [0.05, 0.1) is 0 Å². The van der Waals surface area contributed by atoms with E-state index in [1.807, 2.05) is 48.1 Å². The molecule has 0 saturated heterocycles. The molecule has 6 heteroatoms. The third kappa shape index (κ3) is 3.37. The van der Waals surface area contributed by atoms with Gasteiger partial charge in [-0.1, -0.05) is 30.3 Å². The topological polar surface area (TPSA) is 73.2 Å². The highest BCUT2D eigenvalue weighted by atomic mass is 16.5. The highest BCUT2D eigenvalue weighted by molar-refractivity contribution is 6.33. The molecule has 1 aliphatic heterocycles. The number of rotatable bonds is 4. The summed E-state index contributed by atoms with van der Waals surface area (Å²) in [7, 11) is 1.92. The maximum absolute atomic E-state index is 12.3. The zero-order valence-electron chi connectivity index (χ0n) is 14.7. The van der Waals surface area contributed by atoms with Crippen LogP contribution >= 0.6 is 0 Å². The Morgan fingerprint density at radius 3 is 2.48 bits per heavy atom. The predicted molar refractivity (Wildman–Crippen MR) is 101 cm³/mol. The SMILES string of the molecule is Cn1ccnc1COc1ccc(C=C2C(=O)NC(=O)c3ccccc32)cc1. The molecule has 1 N–H and O–H groups in total. The van der Waals surface area contributed by atoms with Crippen molar-refractivity contribution in [3.63, 3.8) is 0 Å². The van der Waals surface area contributed by atoms with Crippen LogP contribution in [0.3, 0.4) is 0 Å². The number of hydrogen-bond acceptors (Lipinski definition) is 4. The normalized spacial score (nSPS) is 14.8. The van der Waals surface area contributed by atoms with Gasteiger partial charge < -0.3 is 9.30 Å². The average Bonchev–Trinajstić information content (AvgIpc) is 3.09. The summed E-state index contributed by atoms with van der Waals surface area (Å²) in [5.74, 6) is 0.782. The summed E-state index contributed by atoms with van der Waals surface area (Å²) in [5, 5.41) is 2.38. The Balaban J connectivity index is 1.56. The van der Waals surface area contributed by atoms with E-state index >= 15 is 0 Å². The van der Waals surface area contributed by atoms with Gasteiger partial charge in [0.1, 0.15) is 18.2 Å². The lowest BCUT2D eigenvalue weighted by molar-refractivity contribution is -0.114. The van der Waals surface area contributed by atoms with E-state index in [2.05, 4.69) is 10.3 Å². The first-order chi connectivity index (χ1) is 13.1. The lowest BCUT2D eigenvalue weighted by atomic mass is 9.93. The van der Waals surface area contributed by atoms with Crippen molar-refractivity contribution < 1.29 is 14.3 Å². The van der Waals surface area contributed by atoms with E-state index in [1.54, 1.807) is 30.5 Å². The molecule has 2 heterocycles. The predicted octanol–water partition coefficient (Wildman–Crippen LogP) is 2.81. The van der Waals surface area contributed by atoms with Gasteiger partial charge in [-0.15, -0.1) is 0 Å². The Morgan fingerprint density at radius 2 is 1.78 bits per heavy atom. The molecule has 0 unspecified atom stereocenters. The molecule has 6 nitrogen and oxygen atoms in total. The molecule has 27 heavy (non-hydrogen) atoms. The van der Waals surface area contributed by atoms with Crippen molar-refractivity contribution in [1.82, 2.24) is 14.9 Å². The van der Waals surface area contributed by atoms with E-state index in [-0.39, 0.29) is 5.91 Å². The molecule has 0 aliphatic carbocycles. The smallest absolute Gasteiger partial charge is 0.258 e. The van der Waals surface area contributed by atoms with Crippen molar-refractivity contribution in [2.75, 3.05) is 0 Å². The number of benzene rings is 2. The first kappa shape index (κ1) is 16.8. The maximum atomic E-state index is 12.3. The molecule has 0 spiro atoms. The molecule has 3 aromatic rings. The first-order valence-electron chi connectivity index (χ1n) is 8.47. The number of carbonyl (C=O) groups is 2. The van der Waals surface area contributed by atoms with Gasteiger partial charge in [0.2, 0.25) is 0 Å². The third-order valence-electron chi connectivity index (χ3n) is 4.41. The minimum Gasteiger partial charge on any atom is -0.486 e. The number of imidazole rings is 1. The Kier molecular flexibility index (Phi) is 4.30. The fourth-order valence-corrected chi connectivity index (χ4v) is 2.93. The summed E-state index contributed by atoms with van der Waals surface area (Å²) >= 11 is 0. The molecule has 0 saturated carbocycles. The van der Waals surface area contributed by atoms with E-state index in [9.17, 15) is 9.59 Å². The summed E-state index contributed by atoms with van der Waals surface area (Å²) in [6.07, 6.45) is 5.36. The number of imide groups is 1. The van der Waals surface area contributed by atoms with Gasteiger partial charge in [-0.3, -0.25) is 14.9 Å². The molecule has 1 aliphatic rings. The zero-order valence-corrected chi connectivity index (χ0v) is 14.7. The fourth-order valence-electron chi connectivity index (χ4n) is 2.93. The maximum Gasteiger partial charge on any atom is 0.258 e. The first-order valence-corrected chi connectivity index (χ1v) is 8.47. The molecule has 0 radical (unpaired) electrons. The number of ether oxygens (including phenoxy) is 1. The highest BCUT2D eigenvalue weighted by Crippen LogP contribution is 2.26. The van der Waals surface area contributed by atoms with Crippen molar-refractivity contribution in [3.8, 4) is 5.75 Å². The van der Waals surface area contributed by atoms with Gasteiger partial charge in [-0.25, -0.2) is 4.98 Å². The average molecular weight is 359 g/mol. The van der Waals surface area contributed by atoms with Gasteiger partial charge in [0.25, 0.3) is 11.8 Å². The van der Waals surface area contributed by atoms with Gasteiger partial charge in [-0.05, 0) is 35.4 Å². The number of aromatic nitrogens is 2. The number of fused-ring (bicyclic) bond motifs is 1. The van der Waals surface area contributed by atoms with Crippen LogP contribution in [0.1, 0.15) is 27.3 Å². The van der Waals surface area contributed by atoms with E-state index < -0.39 is 5.91 Å². The summed E-state index contributed by atoms with van der Waals surface area (Å²) in [4.78, 5) is 28.4. The number of hydrogen-bond donors (Lipinski definition) is 1. The molecule has 4 rings (SSSR count). The highest BCUT2D eigenvalue weighted by Gasteiger charge is 2.26. The van der Waals surface area contributed by atoms with Crippen LogP contribution in [0.15, 0.2) is 60.9 Å². The minimum absolute atomic E-state index is 0.370. The summed E-state index contributed by atoms with van der Waals surface area (Å²) in [6, 6.07) is 14.5. The Bertz CT molecular complexity index is 1050. The summed E-state index contributed by atoms with van der Waals surface area (Å²) in [5.41, 5.74) is 2.44. The molecule has 0 bridgehead atoms. The van der Waals surface area contributed by atoms with E-state index in [1.165, 1.54) is 0 Å². The number of carbonyl (C=O) groups excluding carboxylic acids is 2. The standard InChI is InChI=1S/C21H17N3O3/c1-24-11-10-22-19(24)13-27-15-8-6-14(7-9-15)12-18-16-4-2-3-5-17(16)20(25)23-21(18)26/h2-12H,13H2,1H3,(H,23,25,26). The van der Waals surface area contributed by atoms with Gasteiger partial charge in [0, 0.05) is 30.6 Å². The summed E-state index contributed by atoms with van der Waals surface area (Å²) in [6.45, 7) is 0.377. The number of nitrogens with one attached hydrogen (secondary N) is 1. The van der Waals surface area contributed by atoms with Crippen LogP contribution in [-0.2, 0) is 18.4 Å². The molecular weight excluding hydrogens is 342 g/mol. The monoisotopic (exact) mass is 359 g/mol. The molecule has 0 atom stereocenters. The second-order valence-electron chi connectivity index (χ2n) is 6.20. The minimum atomic E-state index is -0.395. The summed E-state index contributed by atoms with van der Waals surface area (Å²) < 4.78 is 7.64. The van der Waals surface area contributed by atoms with Gasteiger partial charge in [0.15, 0.2) is 0 Å².